The third-order valence-corrected chi connectivity index (χ3v) is 5.92. The minimum absolute atomic E-state index is 0.262. The van der Waals surface area contributed by atoms with Crippen molar-refractivity contribution >= 4 is 21.6 Å². The summed E-state index contributed by atoms with van der Waals surface area (Å²) in [6.07, 6.45) is 0.789. The number of likely N-dealkylation sites (N-methyl/N-ethyl adjacent to an activating group) is 1. The number of hydrogen-bond donors (Lipinski definition) is 0. The van der Waals surface area contributed by atoms with Crippen LogP contribution in [0.2, 0.25) is 0 Å². The largest absolute Gasteiger partial charge is 0.486 e. The van der Waals surface area contributed by atoms with Crippen molar-refractivity contribution in [2.75, 3.05) is 36.8 Å². The first-order chi connectivity index (χ1) is 13.8. The molecule has 1 aliphatic heterocycles. The van der Waals surface area contributed by atoms with E-state index in [0.717, 1.165) is 16.1 Å². The molecule has 0 unspecified atom stereocenters. The van der Waals surface area contributed by atoms with E-state index in [1.165, 1.54) is 0 Å². The minimum Gasteiger partial charge on any atom is -0.486 e. The molecule has 0 aromatic heterocycles. The Morgan fingerprint density at radius 2 is 1.76 bits per heavy atom. The summed E-state index contributed by atoms with van der Waals surface area (Å²) in [5, 5.41) is 0. The number of amides is 1. The Labute approximate surface area is 171 Å². The van der Waals surface area contributed by atoms with Crippen molar-refractivity contribution in [3.63, 3.8) is 0 Å². The Kier molecular flexibility index (Phi) is 6.32. The molecule has 7 nitrogen and oxygen atoms in total. The van der Waals surface area contributed by atoms with E-state index < -0.39 is 10.0 Å². The predicted molar refractivity (Wildman–Crippen MR) is 112 cm³/mol. The van der Waals surface area contributed by atoms with Crippen LogP contribution < -0.4 is 13.8 Å². The molecule has 8 heteroatoms. The standard InChI is InChI=1S/C21H26N2O5S/c1-4-22(13-17-15-27-19-11-7-8-12-20(19)28-17)21(24)14-23(29(3,25)26)18-10-6-5-9-16(18)2/h5-12,17H,4,13-15H2,1-3H3/t17-/m1/s1. The van der Waals surface area contributed by atoms with Gasteiger partial charge in [-0.05, 0) is 37.6 Å². The molecule has 0 saturated heterocycles. The molecule has 2 aromatic carbocycles. The molecular weight excluding hydrogens is 392 g/mol. The van der Waals surface area contributed by atoms with Crippen molar-refractivity contribution in [3.8, 4) is 11.5 Å². The summed E-state index contributed by atoms with van der Waals surface area (Å²) in [6, 6.07) is 14.5. The maximum absolute atomic E-state index is 13.0. The van der Waals surface area contributed by atoms with E-state index >= 15 is 0 Å². The van der Waals surface area contributed by atoms with Crippen LogP contribution >= 0.6 is 0 Å². The van der Waals surface area contributed by atoms with Gasteiger partial charge in [0.1, 0.15) is 13.2 Å². The molecule has 0 spiro atoms. The van der Waals surface area contributed by atoms with Crippen molar-refractivity contribution in [1.29, 1.82) is 0 Å². The van der Waals surface area contributed by atoms with Crippen LogP contribution in [0.4, 0.5) is 5.69 Å². The number of rotatable bonds is 7. The smallest absolute Gasteiger partial charge is 0.243 e. The lowest BCUT2D eigenvalue weighted by Crippen LogP contribution is -2.48. The van der Waals surface area contributed by atoms with Crippen molar-refractivity contribution in [2.45, 2.75) is 20.0 Å². The van der Waals surface area contributed by atoms with Gasteiger partial charge >= 0.3 is 0 Å². The first kappa shape index (κ1) is 21.0. The van der Waals surface area contributed by atoms with Crippen LogP contribution in [-0.4, -0.2) is 57.8 Å². The topological polar surface area (TPSA) is 76.2 Å². The Hall–Kier alpha value is -2.74. The van der Waals surface area contributed by atoms with Crippen LogP contribution in [0, 0.1) is 6.92 Å². The minimum atomic E-state index is -3.62. The molecule has 0 N–H and O–H groups in total. The monoisotopic (exact) mass is 418 g/mol. The van der Waals surface area contributed by atoms with Crippen molar-refractivity contribution in [3.05, 3.63) is 54.1 Å². The normalized spacial score (nSPS) is 15.6. The SMILES string of the molecule is CCN(C[C@@H]1COc2ccccc2O1)C(=O)CN(c1ccccc1C)S(C)(=O)=O. The molecule has 1 heterocycles. The Bertz CT molecular complexity index is 977. The van der Waals surface area contributed by atoms with Gasteiger partial charge in [0.15, 0.2) is 17.6 Å². The quantitative estimate of drug-likeness (QED) is 0.690. The molecule has 156 valence electrons. The lowest BCUT2D eigenvalue weighted by atomic mass is 10.2. The van der Waals surface area contributed by atoms with Gasteiger partial charge in [-0.1, -0.05) is 30.3 Å². The average Bonchev–Trinajstić information content (AvgIpc) is 2.69. The molecule has 29 heavy (non-hydrogen) atoms. The van der Waals surface area contributed by atoms with Gasteiger partial charge in [0.25, 0.3) is 0 Å². The van der Waals surface area contributed by atoms with Crippen LogP contribution in [0.25, 0.3) is 0 Å². The summed E-state index contributed by atoms with van der Waals surface area (Å²) in [6.45, 7) is 4.49. The highest BCUT2D eigenvalue weighted by Crippen LogP contribution is 2.31. The number of aryl methyl sites for hydroxylation is 1. The second-order valence-corrected chi connectivity index (χ2v) is 8.89. The zero-order valence-electron chi connectivity index (χ0n) is 16.9. The highest BCUT2D eigenvalue weighted by Gasteiger charge is 2.28. The fraction of sp³-hybridized carbons (Fsp3) is 0.381. The number of hydrogen-bond acceptors (Lipinski definition) is 5. The number of fused-ring (bicyclic) bond motifs is 1. The fourth-order valence-electron chi connectivity index (χ4n) is 3.25. The third-order valence-electron chi connectivity index (χ3n) is 4.79. The van der Waals surface area contributed by atoms with E-state index in [4.69, 9.17) is 9.47 Å². The highest BCUT2D eigenvalue weighted by atomic mass is 32.2. The molecule has 0 fully saturated rings. The van der Waals surface area contributed by atoms with Gasteiger partial charge in [-0.25, -0.2) is 8.42 Å². The zero-order valence-corrected chi connectivity index (χ0v) is 17.7. The lowest BCUT2D eigenvalue weighted by Gasteiger charge is -2.32. The van der Waals surface area contributed by atoms with Gasteiger partial charge in [0.05, 0.1) is 18.5 Å². The van der Waals surface area contributed by atoms with E-state index in [1.54, 1.807) is 17.0 Å². The number of benzene rings is 2. The molecule has 3 rings (SSSR count). The van der Waals surface area contributed by atoms with E-state index in [-0.39, 0.29) is 18.6 Å². The molecule has 1 amide bonds. The number of ether oxygens (including phenoxy) is 2. The maximum atomic E-state index is 13.0. The fourth-order valence-corrected chi connectivity index (χ4v) is 4.16. The molecule has 2 aromatic rings. The summed E-state index contributed by atoms with van der Waals surface area (Å²) >= 11 is 0. The van der Waals surface area contributed by atoms with Crippen molar-refractivity contribution in [1.82, 2.24) is 4.90 Å². The van der Waals surface area contributed by atoms with Crippen molar-refractivity contribution in [2.24, 2.45) is 0 Å². The Morgan fingerprint density at radius 1 is 1.10 bits per heavy atom. The first-order valence-corrected chi connectivity index (χ1v) is 11.3. The van der Waals surface area contributed by atoms with E-state index in [0.29, 0.717) is 36.9 Å². The lowest BCUT2D eigenvalue weighted by molar-refractivity contribution is -0.130. The van der Waals surface area contributed by atoms with Crippen molar-refractivity contribution < 1.29 is 22.7 Å². The van der Waals surface area contributed by atoms with Crippen LogP contribution in [0.3, 0.4) is 0 Å². The second-order valence-electron chi connectivity index (χ2n) is 6.99. The van der Waals surface area contributed by atoms with Gasteiger partial charge in [0.2, 0.25) is 15.9 Å². The zero-order chi connectivity index (χ0) is 21.0. The van der Waals surface area contributed by atoms with Gasteiger partial charge in [-0.2, -0.15) is 0 Å². The predicted octanol–water partition coefficient (Wildman–Crippen LogP) is 2.45. The maximum Gasteiger partial charge on any atom is 0.243 e. The van der Waals surface area contributed by atoms with Crippen LogP contribution in [0.1, 0.15) is 12.5 Å². The molecule has 0 saturated carbocycles. The summed E-state index contributed by atoms with van der Waals surface area (Å²) < 4.78 is 37.5. The summed E-state index contributed by atoms with van der Waals surface area (Å²) in [5.74, 6) is 1.04. The van der Waals surface area contributed by atoms with Crippen LogP contribution in [0.15, 0.2) is 48.5 Å². The third kappa shape index (κ3) is 5.00. The number of carbonyl (C=O) groups excluding carboxylic acids is 1. The van der Waals surface area contributed by atoms with Gasteiger partial charge in [-0.3, -0.25) is 9.10 Å². The Balaban J connectivity index is 1.72. The average molecular weight is 419 g/mol. The highest BCUT2D eigenvalue weighted by molar-refractivity contribution is 7.92. The molecule has 1 aliphatic rings. The summed E-state index contributed by atoms with van der Waals surface area (Å²) in [4.78, 5) is 14.6. The van der Waals surface area contributed by atoms with Crippen LogP contribution in [-0.2, 0) is 14.8 Å². The summed E-state index contributed by atoms with van der Waals surface area (Å²) in [7, 11) is -3.62. The Morgan fingerprint density at radius 3 is 2.41 bits per heavy atom. The first-order valence-electron chi connectivity index (χ1n) is 9.49. The molecular formula is C21H26N2O5S. The van der Waals surface area contributed by atoms with Gasteiger partial charge in [-0.15, -0.1) is 0 Å². The number of para-hydroxylation sites is 3. The molecule has 0 radical (unpaired) electrons. The van der Waals surface area contributed by atoms with E-state index in [2.05, 4.69) is 0 Å². The van der Waals surface area contributed by atoms with Gasteiger partial charge < -0.3 is 14.4 Å². The summed E-state index contributed by atoms with van der Waals surface area (Å²) in [5.41, 5.74) is 1.29. The molecule has 0 bridgehead atoms. The van der Waals surface area contributed by atoms with E-state index in [1.807, 2.05) is 50.2 Å². The molecule has 0 aliphatic carbocycles. The number of carbonyl (C=O) groups is 1. The number of nitrogens with zero attached hydrogens (tertiary/aromatic N) is 2. The number of anilines is 1. The van der Waals surface area contributed by atoms with Gasteiger partial charge in [0, 0.05) is 6.54 Å². The van der Waals surface area contributed by atoms with E-state index in [9.17, 15) is 13.2 Å². The second kappa shape index (κ2) is 8.73. The number of sulfonamides is 1. The van der Waals surface area contributed by atoms with Crippen LogP contribution in [0.5, 0.6) is 11.5 Å². The molecule has 1 atom stereocenters.